The van der Waals surface area contributed by atoms with E-state index in [0.717, 1.165) is 18.4 Å². The average molecular weight is 362 g/mol. The van der Waals surface area contributed by atoms with Crippen LogP contribution in [-0.2, 0) is 4.79 Å². The van der Waals surface area contributed by atoms with E-state index in [2.05, 4.69) is 16.0 Å². The molecule has 1 fully saturated rings. The van der Waals surface area contributed by atoms with E-state index < -0.39 is 11.9 Å². The fraction of sp³-hybridized carbons (Fsp3) is 0.500. The lowest BCUT2D eigenvalue weighted by Crippen LogP contribution is -2.41. The summed E-state index contributed by atoms with van der Waals surface area (Å²) in [6, 6.07) is 6.72. The van der Waals surface area contributed by atoms with E-state index in [1.807, 2.05) is 19.1 Å². The van der Waals surface area contributed by atoms with Crippen LogP contribution in [0.15, 0.2) is 24.3 Å². The smallest absolute Gasteiger partial charge is 0.319 e. The Labute approximate surface area is 152 Å². The van der Waals surface area contributed by atoms with Gasteiger partial charge in [0.2, 0.25) is 0 Å². The second-order valence-corrected chi connectivity index (χ2v) is 6.79. The van der Waals surface area contributed by atoms with Crippen molar-refractivity contribution in [1.29, 1.82) is 0 Å². The summed E-state index contributed by atoms with van der Waals surface area (Å²) in [5.74, 6) is -1.57. The molecule has 142 valence electrons. The summed E-state index contributed by atoms with van der Waals surface area (Å²) in [4.78, 5) is 36.1. The second kappa shape index (κ2) is 8.55. The van der Waals surface area contributed by atoms with Crippen LogP contribution < -0.4 is 16.0 Å². The molecule has 8 heteroatoms. The highest BCUT2D eigenvalue weighted by Crippen LogP contribution is 2.19. The number of carboxylic acid groups (broad SMARTS) is 1. The van der Waals surface area contributed by atoms with Gasteiger partial charge in [-0.3, -0.25) is 4.79 Å². The molecule has 2 unspecified atom stereocenters. The van der Waals surface area contributed by atoms with Crippen LogP contribution in [0.2, 0.25) is 0 Å². The molecule has 0 radical (unpaired) electrons. The van der Waals surface area contributed by atoms with Crippen LogP contribution in [0.1, 0.15) is 38.3 Å². The number of hydrogen-bond donors (Lipinski definition) is 4. The molecule has 26 heavy (non-hydrogen) atoms. The Hall–Kier alpha value is -2.77. The third-order valence-corrected chi connectivity index (χ3v) is 4.24. The Morgan fingerprint density at radius 3 is 2.35 bits per heavy atom. The molecule has 0 aromatic heterocycles. The lowest BCUT2D eigenvalue weighted by atomic mass is 10.1. The predicted octanol–water partition coefficient (Wildman–Crippen LogP) is 2.39. The number of anilines is 1. The van der Waals surface area contributed by atoms with Crippen molar-refractivity contribution in [2.24, 2.45) is 5.92 Å². The van der Waals surface area contributed by atoms with Gasteiger partial charge in [0.15, 0.2) is 0 Å². The highest BCUT2D eigenvalue weighted by atomic mass is 16.4. The molecule has 0 spiro atoms. The molecule has 0 saturated heterocycles. The molecule has 1 aliphatic carbocycles. The van der Waals surface area contributed by atoms with Crippen molar-refractivity contribution >= 4 is 23.7 Å². The minimum atomic E-state index is -0.938. The largest absolute Gasteiger partial charge is 0.481 e. The van der Waals surface area contributed by atoms with Gasteiger partial charge >= 0.3 is 18.0 Å². The van der Waals surface area contributed by atoms with Gasteiger partial charge in [0, 0.05) is 25.3 Å². The number of carbonyl (C=O) groups excluding carboxylic acids is 2. The number of benzene rings is 1. The molecular weight excluding hydrogens is 336 g/mol. The maximum Gasteiger partial charge on any atom is 0.319 e. The molecule has 1 aromatic carbocycles. The van der Waals surface area contributed by atoms with Crippen LogP contribution in [0, 0.1) is 5.92 Å². The quantitative estimate of drug-likeness (QED) is 0.597. The molecule has 0 bridgehead atoms. The number of carbonyl (C=O) groups is 3. The molecule has 0 aliphatic heterocycles. The van der Waals surface area contributed by atoms with E-state index in [1.54, 1.807) is 26.1 Å². The van der Waals surface area contributed by atoms with Gasteiger partial charge in [0.1, 0.15) is 0 Å². The molecule has 8 nitrogen and oxygen atoms in total. The fourth-order valence-electron chi connectivity index (χ4n) is 2.39. The molecule has 2 rings (SSSR count). The third kappa shape index (κ3) is 5.94. The number of hydrogen-bond acceptors (Lipinski definition) is 3. The molecule has 4 amide bonds. The average Bonchev–Trinajstić information content (AvgIpc) is 3.38. The van der Waals surface area contributed by atoms with E-state index in [1.165, 1.54) is 4.90 Å². The minimum absolute atomic E-state index is 0.132. The Balaban J connectivity index is 1.84. The third-order valence-electron chi connectivity index (χ3n) is 4.24. The number of aliphatic carboxylic acids is 1. The van der Waals surface area contributed by atoms with Crippen molar-refractivity contribution in [3.05, 3.63) is 29.8 Å². The first-order valence-electron chi connectivity index (χ1n) is 8.68. The zero-order valence-corrected chi connectivity index (χ0v) is 15.3. The van der Waals surface area contributed by atoms with E-state index in [9.17, 15) is 14.4 Å². The van der Waals surface area contributed by atoms with Gasteiger partial charge in [0.25, 0.3) is 0 Å². The van der Waals surface area contributed by atoms with Gasteiger partial charge in [-0.15, -0.1) is 0 Å². The topological polar surface area (TPSA) is 111 Å². The number of urea groups is 2. The van der Waals surface area contributed by atoms with Gasteiger partial charge in [-0.25, -0.2) is 9.59 Å². The normalized spacial score (nSPS) is 15.5. The number of carboxylic acids is 1. The van der Waals surface area contributed by atoms with Crippen molar-refractivity contribution in [2.75, 3.05) is 18.9 Å². The number of rotatable bonds is 7. The first kappa shape index (κ1) is 19.6. The number of nitrogens with one attached hydrogen (secondary N) is 3. The van der Waals surface area contributed by atoms with Gasteiger partial charge in [-0.05, 0) is 37.5 Å². The summed E-state index contributed by atoms with van der Waals surface area (Å²) < 4.78 is 0. The van der Waals surface area contributed by atoms with Crippen molar-refractivity contribution in [3.8, 4) is 0 Å². The minimum Gasteiger partial charge on any atom is -0.481 e. The standard InChI is InChI=1S/C18H26N4O4/c1-11(16(23)24)10-22(3)18(26)19-12(2)13-4-6-14(7-5-13)20-17(25)21-15-8-9-15/h4-7,11-12,15H,8-10H2,1-3H3,(H,19,26)(H,23,24)(H2,20,21,25). The highest BCUT2D eigenvalue weighted by molar-refractivity contribution is 5.89. The Morgan fingerprint density at radius 2 is 1.81 bits per heavy atom. The van der Waals surface area contributed by atoms with Crippen LogP contribution in [0.3, 0.4) is 0 Å². The van der Waals surface area contributed by atoms with Crippen LogP contribution in [0.25, 0.3) is 0 Å². The zero-order valence-electron chi connectivity index (χ0n) is 15.3. The van der Waals surface area contributed by atoms with E-state index >= 15 is 0 Å². The molecule has 4 N–H and O–H groups in total. The van der Waals surface area contributed by atoms with Crippen LogP contribution in [-0.4, -0.2) is 47.7 Å². The van der Waals surface area contributed by atoms with E-state index in [0.29, 0.717) is 11.7 Å². The first-order chi connectivity index (χ1) is 12.3. The van der Waals surface area contributed by atoms with Gasteiger partial charge in [-0.2, -0.15) is 0 Å². The summed E-state index contributed by atoms with van der Waals surface area (Å²) in [6.45, 7) is 3.53. The molecular formula is C18H26N4O4. The Bertz CT molecular complexity index is 658. The van der Waals surface area contributed by atoms with Gasteiger partial charge in [-0.1, -0.05) is 19.1 Å². The molecule has 1 aromatic rings. The van der Waals surface area contributed by atoms with Crippen LogP contribution in [0.4, 0.5) is 15.3 Å². The lowest BCUT2D eigenvalue weighted by Gasteiger charge is -2.23. The summed E-state index contributed by atoms with van der Waals surface area (Å²) in [5, 5.41) is 17.4. The second-order valence-electron chi connectivity index (χ2n) is 6.79. The SMILES string of the molecule is CC(CN(C)C(=O)NC(C)c1ccc(NC(=O)NC2CC2)cc1)C(=O)O. The van der Waals surface area contributed by atoms with Crippen molar-refractivity contribution in [2.45, 2.75) is 38.8 Å². The lowest BCUT2D eigenvalue weighted by molar-refractivity contribution is -0.141. The highest BCUT2D eigenvalue weighted by Gasteiger charge is 2.23. The maximum absolute atomic E-state index is 12.2. The van der Waals surface area contributed by atoms with Gasteiger partial charge in [0.05, 0.1) is 12.0 Å². The van der Waals surface area contributed by atoms with Crippen LogP contribution in [0.5, 0.6) is 0 Å². The summed E-state index contributed by atoms with van der Waals surface area (Å²) in [5.41, 5.74) is 1.56. The van der Waals surface area contributed by atoms with Crippen molar-refractivity contribution in [1.82, 2.24) is 15.5 Å². The number of amides is 4. The Morgan fingerprint density at radius 1 is 1.19 bits per heavy atom. The summed E-state index contributed by atoms with van der Waals surface area (Å²) >= 11 is 0. The van der Waals surface area contributed by atoms with Crippen molar-refractivity contribution in [3.63, 3.8) is 0 Å². The monoisotopic (exact) mass is 362 g/mol. The zero-order chi connectivity index (χ0) is 19.3. The molecule has 0 heterocycles. The fourth-order valence-corrected chi connectivity index (χ4v) is 2.39. The molecule has 2 atom stereocenters. The van der Waals surface area contributed by atoms with Crippen molar-refractivity contribution < 1.29 is 19.5 Å². The predicted molar refractivity (Wildman–Crippen MR) is 98.0 cm³/mol. The maximum atomic E-state index is 12.2. The number of nitrogens with zero attached hydrogens (tertiary/aromatic N) is 1. The molecule has 1 aliphatic rings. The first-order valence-corrected chi connectivity index (χ1v) is 8.68. The Kier molecular flexibility index (Phi) is 6.43. The van der Waals surface area contributed by atoms with Crippen LogP contribution >= 0.6 is 0 Å². The van der Waals surface area contributed by atoms with Gasteiger partial charge < -0.3 is 26.0 Å². The summed E-state index contributed by atoms with van der Waals surface area (Å²) in [7, 11) is 1.56. The van der Waals surface area contributed by atoms with E-state index in [-0.39, 0.29) is 24.6 Å². The molecule has 1 saturated carbocycles. The van der Waals surface area contributed by atoms with E-state index in [4.69, 9.17) is 5.11 Å². The summed E-state index contributed by atoms with van der Waals surface area (Å²) in [6.07, 6.45) is 2.06.